The smallest absolute Gasteiger partial charge is 0.261 e. The van der Waals surface area contributed by atoms with Crippen molar-refractivity contribution in [1.29, 1.82) is 0 Å². The number of rotatable bonds is 5. The Morgan fingerprint density at radius 2 is 1.48 bits per heavy atom. The van der Waals surface area contributed by atoms with Gasteiger partial charge in [-0.25, -0.2) is 0 Å². The number of halogens is 2. The predicted molar refractivity (Wildman–Crippen MR) is 113 cm³/mol. The summed E-state index contributed by atoms with van der Waals surface area (Å²) in [6, 6.07) is 12.3. The minimum Gasteiger partial charge on any atom is -0.390 e. The van der Waals surface area contributed by atoms with Crippen LogP contribution in [-0.4, -0.2) is 72.1 Å². The second kappa shape index (κ2) is 8.32. The van der Waals surface area contributed by atoms with Gasteiger partial charge in [0.2, 0.25) is 0 Å². The molecule has 0 unspecified atom stereocenters. The van der Waals surface area contributed by atoms with Crippen LogP contribution in [0.3, 0.4) is 0 Å². The Morgan fingerprint density at radius 1 is 0.862 bits per heavy atom. The first-order chi connectivity index (χ1) is 14.0. The van der Waals surface area contributed by atoms with Gasteiger partial charge in [0, 0.05) is 32.7 Å². The molecule has 1 fully saturated rings. The highest BCUT2D eigenvalue weighted by Crippen LogP contribution is 2.33. The van der Waals surface area contributed by atoms with Crippen molar-refractivity contribution in [3.8, 4) is 0 Å². The number of carbonyl (C=O) groups excluding carboxylic acids is 2. The Balaban J connectivity index is 1.32. The third-order valence-corrected chi connectivity index (χ3v) is 6.19. The Hall–Kier alpha value is -2.12. The third kappa shape index (κ3) is 3.98. The normalized spacial score (nSPS) is 18.3. The van der Waals surface area contributed by atoms with Crippen LogP contribution >= 0.6 is 23.2 Å². The summed E-state index contributed by atoms with van der Waals surface area (Å²) in [5, 5.41) is 11.6. The molecule has 0 spiro atoms. The number of piperazine rings is 1. The maximum absolute atomic E-state index is 12.4. The highest BCUT2D eigenvalue weighted by Gasteiger charge is 2.36. The molecule has 0 aliphatic carbocycles. The number of benzene rings is 2. The first-order valence-corrected chi connectivity index (χ1v) is 10.3. The predicted octanol–water partition coefficient (Wildman–Crippen LogP) is 2.77. The molecule has 0 saturated carbocycles. The second-order valence-corrected chi connectivity index (χ2v) is 8.07. The lowest BCUT2D eigenvalue weighted by molar-refractivity contribution is 0.0469. The number of imide groups is 1. The largest absolute Gasteiger partial charge is 0.390 e. The number of hydrogen-bond donors (Lipinski definition) is 1. The van der Waals surface area contributed by atoms with E-state index in [2.05, 4.69) is 9.80 Å². The topological polar surface area (TPSA) is 64.1 Å². The van der Waals surface area contributed by atoms with Crippen molar-refractivity contribution in [2.45, 2.75) is 6.10 Å². The fourth-order valence-electron chi connectivity index (χ4n) is 3.88. The van der Waals surface area contributed by atoms with E-state index >= 15 is 0 Å². The van der Waals surface area contributed by atoms with Crippen LogP contribution in [0.2, 0.25) is 10.0 Å². The molecule has 2 heterocycles. The number of β-amino-alcohol motifs (C(OH)–C–C–N with tert-alkyl or cyclic N) is 1. The first-order valence-electron chi connectivity index (χ1n) is 9.50. The molecule has 2 aromatic carbocycles. The maximum Gasteiger partial charge on any atom is 0.261 e. The highest BCUT2D eigenvalue weighted by molar-refractivity contribution is 6.43. The zero-order valence-electron chi connectivity index (χ0n) is 15.7. The average Bonchev–Trinajstić information content (AvgIpc) is 2.96. The Labute approximate surface area is 179 Å². The molecule has 8 heteroatoms. The fourth-order valence-corrected chi connectivity index (χ4v) is 4.29. The summed E-state index contributed by atoms with van der Waals surface area (Å²) < 4.78 is 0. The number of anilines is 1. The second-order valence-electron chi connectivity index (χ2n) is 7.28. The van der Waals surface area contributed by atoms with Crippen LogP contribution in [0.5, 0.6) is 0 Å². The van der Waals surface area contributed by atoms with Crippen molar-refractivity contribution in [2.24, 2.45) is 0 Å². The highest BCUT2D eigenvalue weighted by atomic mass is 35.5. The van der Waals surface area contributed by atoms with Crippen molar-refractivity contribution in [2.75, 3.05) is 44.2 Å². The summed E-state index contributed by atoms with van der Waals surface area (Å²) in [6.45, 7) is 3.36. The fraction of sp³-hybridized carbons (Fsp3) is 0.333. The number of fused-ring (bicyclic) bond motifs is 1. The van der Waals surface area contributed by atoms with E-state index in [0.717, 1.165) is 36.8 Å². The Bertz CT molecular complexity index is 910. The van der Waals surface area contributed by atoms with Gasteiger partial charge >= 0.3 is 0 Å². The van der Waals surface area contributed by atoms with Crippen LogP contribution in [0.1, 0.15) is 20.7 Å². The number of aliphatic hydroxyl groups excluding tert-OH is 1. The number of nitrogens with zero attached hydrogens (tertiary/aromatic N) is 3. The van der Waals surface area contributed by atoms with Gasteiger partial charge in [-0.15, -0.1) is 0 Å². The average molecular weight is 434 g/mol. The molecule has 0 radical (unpaired) electrons. The molecule has 4 rings (SSSR count). The minimum atomic E-state index is -0.807. The summed E-state index contributed by atoms with van der Waals surface area (Å²) in [5.74, 6) is -0.685. The zero-order chi connectivity index (χ0) is 20.5. The van der Waals surface area contributed by atoms with Gasteiger partial charge in [-0.2, -0.15) is 0 Å². The molecule has 1 atom stereocenters. The van der Waals surface area contributed by atoms with Crippen molar-refractivity contribution in [3.05, 3.63) is 63.6 Å². The van der Waals surface area contributed by atoms with Crippen molar-refractivity contribution >= 4 is 40.7 Å². The lowest BCUT2D eigenvalue weighted by Gasteiger charge is -2.37. The standard InChI is InChI=1S/C21H21Cl2N3O3/c22-17-6-3-7-18(19(17)23)25-10-8-24(9-11-25)12-14(27)13-26-20(28)15-4-1-2-5-16(15)21(26)29/h1-7,14,27H,8-13H2/t14-/m1/s1. The number of amides is 2. The zero-order valence-corrected chi connectivity index (χ0v) is 17.2. The molecule has 1 saturated heterocycles. The van der Waals surface area contributed by atoms with E-state index in [1.54, 1.807) is 30.3 Å². The van der Waals surface area contributed by atoms with Gasteiger partial charge in [0.25, 0.3) is 11.8 Å². The molecule has 6 nitrogen and oxygen atoms in total. The van der Waals surface area contributed by atoms with E-state index < -0.39 is 6.10 Å². The van der Waals surface area contributed by atoms with Gasteiger partial charge in [-0.3, -0.25) is 19.4 Å². The molecule has 2 amide bonds. The minimum absolute atomic E-state index is 0.00726. The molecule has 29 heavy (non-hydrogen) atoms. The van der Waals surface area contributed by atoms with Crippen LogP contribution < -0.4 is 4.90 Å². The molecule has 0 aromatic heterocycles. The van der Waals surface area contributed by atoms with Crippen LogP contribution in [0, 0.1) is 0 Å². The Kier molecular flexibility index (Phi) is 5.79. The molecule has 2 aliphatic heterocycles. The van der Waals surface area contributed by atoms with Crippen molar-refractivity contribution < 1.29 is 14.7 Å². The van der Waals surface area contributed by atoms with Crippen LogP contribution in [0.4, 0.5) is 5.69 Å². The number of hydrogen-bond acceptors (Lipinski definition) is 5. The van der Waals surface area contributed by atoms with E-state index in [1.165, 1.54) is 0 Å². The quantitative estimate of drug-likeness (QED) is 0.734. The first kappa shape index (κ1) is 20.2. The van der Waals surface area contributed by atoms with E-state index in [4.69, 9.17) is 23.2 Å². The summed E-state index contributed by atoms with van der Waals surface area (Å²) in [6.07, 6.45) is -0.807. The van der Waals surface area contributed by atoms with Gasteiger partial charge in [0.05, 0.1) is 39.5 Å². The van der Waals surface area contributed by atoms with E-state index in [9.17, 15) is 14.7 Å². The van der Waals surface area contributed by atoms with Crippen molar-refractivity contribution in [1.82, 2.24) is 9.80 Å². The summed E-state index contributed by atoms with van der Waals surface area (Å²) >= 11 is 12.4. The van der Waals surface area contributed by atoms with E-state index in [0.29, 0.717) is 27.7 Å². The monoisotopic (exact) mass is 433 g/mol. The SMILES string of the molecule is O=C1c2ccccc2C(=O)N1C[C@H](O)CN1CCN(c2cccc(Cl)c2Cl)CC1. The number of carbonyl (C=O) groups is 2. The molecule has 0 bridgehead atoms. The summed E-state index contributed by atoms with van der Waals surface area (Å²) in [4.78, 5) is 30.3. The lowest BCUT2D eigenvalue weighted by Crippen LogP contribution is -2.50. The van der Waals surface area contributed by atoms with Gasteiger partial charge in [0.15, 0.2) is 0 Å². The molecular weight excluding hydrogens is 413 g/mol. The molecular formula is C21H21Cl2N3O3. The molecule has 152 valence electrons. The summed E-state index contributed by atoms with van der Waals surface area (Å²) in [5.41, 5.74) is 1.71. The van der Waals surface area contributed by atoms with Crippen LogP contribution in [0.25, 0.3) is 0 Å². The van der Waals surface area contributed by atoms with Gasteiger partial charge in [0.1, 0.15) is 0 Å². The van der Waals surface area contributed by atoms with E-state index in [-0.39, 0.29) is 18.4 Å². The van der Waals surface area contributed by atoms with Gasteiger partial charge < -0.3 is 10.0 Å². The van der Waals surface area contributed by atoms with Gasteiger partial charge in [-0.05, 0) is 24.3 Å². The lowest BCUT2D eigenvalue weighted by atomic mass is 10.1. The van der Waals surface area contributed by atoms with Crippen molar-refractivity contribution in [3.63, 3.8) is 0 Å². The maximum atomic E-state index is 12.4. The van der Waals surface area contributed by atoms with Gasteiger partial charge in [-0.1, -0.05) is 41.4 Å². The third-order valence-electron chi connectivity index (χ3n) is 5.38. The molecule has 1 N–H and O–H groups in total. The van der Waals surface area contributed by atoms with E-state index in [1.807, 2.05) is 12.1 Å². The molecule has 2 aliphatic rings. The molecule has 2 aromatic rings. The van der Waals surface area contributed by atoms with Crippen LogP contribution in [-0.2, 0) is 0 Å². The summed E-state index contributed by atoms with van der Waals surface area (Å²) in [7, 11) is 0. The number of aliphatic hydroxyl groups is 1. The van der Waals surface area contributed by atoms with Crippen LogP contribution in [0.15, 0.2) is 42.5 Å². The Morgan fingerprint density at radius 3 is 2.10 bits per heavy atom.